The van der Waals surface area contributed by atoms with E-state index in [1.165, 1.54) is 12.1 Å². The fourth-order valence-electron chi connectivity index (χ4n) is 6.24. The molecule has 9 heteroatoms. The van der Waals surface area contributed by atoms with Gasteiger partial charge in [-0.3, -0.25) is 10.00 Å². The van der Waals surface area contributed by atoms with Crippen LogP contribution in [-0.2, 0) is 21.9 Å². The minimum atomic E-state index is -3.78. The molecule has 2 aliphatic rings. The first-order chi connectivity index (χ1) is 18.5. The van der Waals surface area contributed by atoms with E-state index in [-0.39, 0.29) is 35.3 Å². The summed E-state index contributed by atoms with van der Waals surface area (Å²) in [5.41, 5.74) is 4.31. The van der Waals surface area contributed by atoms with E-state index >= 15 is 0 Å². The molecule has 3 aromatic rings. The van der Waals surface area contributed by atoms with Gasteiger partial charge in [0.05, 0.1) is 23.4 Å². The molecule has 2 atom stereocenters. The van der Waals surface area contributed by atoms with Gasteiger partial charge in [-0.2, -0.15) is 9.40 Å². The molecule has 1 fully saturated rings. The Bertz CT molecular complexity index is 1460. The minimum absolute atomic E-state index is 0.0532. The largest absolute Gasteiger partial charge is 0.395 e. The molecule has 1 aromatic heterocycles. The van der Waals surface area contributed by atoms with Crippen molar-refractivity contribution in [3.05, 3.63) is 88.5 Å². The highest BCUT2D eigenvalue weighted by molar-refractivity contribution is 7.89. The zero-order chi connectivity index (χ0) is 28.0. The Morgan fingerprint density at radius 2 is 1.85 bits per heavy atom. The number of H-pyrrole nitrogens is 1. The number of nitrogens with zero attached hydrogens (tertiary/aromatic N) is 3. The Hall–Kier alpha value is -2.85. The normalized spacial score (nSPS) is 20.8. The Kier molecular flexibility index (Phi) is 7.30. The molecule has 0 spiro atoms. The van der Waals surface area contributed by atoms with Gasteiger partial charge in [0.1, 0.15) is 5.82 Å². The van der Waals surface area contributed by atoms with Crippen LogP contribution >= 0.6 is 0 Å². The fourth-order valence-corrected chi connectivity index (χ4v) is 7.75. The van der Waals surface area contributed by atoms with Crippen LogP contribution in [0.5, 0.6) is 0 Å². The number of nitrogens with one attached hydrogen (secondary N) is 1. The van der Waals surface area contributed by atoms with Gasteiger partial charge in [0.2, 0.25) is 10.0 Å². The summed E-state index contributed by atoms with van der Waals surface area (Å²) in [6, 6.07) is 13.3. The van der Waals surface area contributed by atoms with Crippen LogP contribution in [0.15, 0.2) is 65.2 Å². The number of aromatic nitrogens is 2. The van der Waals surface area contributed by atoms with Crippen molar-refractivity contribution in [1.29, 1.82) is 0 Å². The van der Waals surface area contributed by atoms with E-state index in [9.17, 15) is 17.9 Å². The number of benzene rings is 2. The average molecular weight is 553 g/mol. The maximum Gasteiger partial charge on any atom is 0.243 e. The second-order valence-corrected chi connectivity index (χ2v) is 13.8. The molecule has 5 rings (SSSR count). The highest BCUT2D eigenvalue weighted by atomic mass is 32.2. The number of likely N-dealkylation sites (N-methyl/N-ethyl adjacent to an activating group) is 1. The summed E-state index contributed by atoms with van der Waals surface area (Å²) in [5, 5.41) is 17.2. The van der Waals surface area contributed by atoms with Gasteiger partial charge in [-0.05, 0) is 72.3 Å². The number of aliphatic hydroxyl groups is 1. The standard InChI is InChI=1S/C30H37FN4O3S/c1-29(2,3)23-7-11-26(12-8-23)39(37,38)35-14-13-24-17-27-22(19-32-33-27)18-30(24,20-35)28(34(4)15-16-36)21-5-9-25(31)10-6-21/h5-12,17,19,28,36H,13-16,18,20H2,1-4H3,(H,32,33)/t28?,30-/m1/s1. The maximum atomic E-state index is 14.0. The molecule has 2 N–H and O–H groups in total. The Balaban J connectivity index is 1.61. The predicted octanol–water partition coefficient (Wildman–Crippen LogP) is 4.53. The summed E-state index contributed by atoms with van der Waals surface area (Å²) < 4.78 is 43.7. The first-order valence-electron chi connectivity index (χ1n) is 13.4. The summed E-state index contributed by atoms with van der Waals surface area (Å²) in [4.78, 5) is 2.33. The number of aliphatic hydroxyl groups excluding tert-OH is 1. The van der Waals surface area contributed by atoms with Crippen molar-refractivity contribution in [2.24, 2.45) is 5.41 Å². The van der Waals surface area contributed by atoms with Gasteiger partial charge in [-0.1, -0.05) is 50.6 Å². The van der Waals surface area contributed by atoms with Crippen molar-refractivity contribution in [1.82, 2.24) is 19.4 Å². The number of sulfonamides is 1. The quantitative estimate of drug-likeness (QED) is 0.450. The van der Waals surface area contributed by atoms with Crippen LogP contribution in [0, 0.1) is 11.2 Å². The summed E-state index contributed by atoms with van der Waals surface area (Å²) in [5.74, 6) is -0.331. The number of rotatable bonds is 7. The van der Waals surface area contributed by atoms with Crippen LogP contribution < -0.4 is 0 Å². The van der Waals surface area contributed by atoms with E-state index in [0.717, 1.165) is 28.0 Å². The van der Waals surface area contributed by atoms with E-state index in [4.69, 9.17) is 0 Å². The summed E-state index contributed by atoms with van der Waals surface area (Å²) in [6.07, 6.45) is 5.04. The molecule has 2 aromatic carbocycles. The predicted molar refractivity (Wildman–Crippen MR) is 150 cm³/mol. The Morgan fingerprint density at radius 1 is 1.15 bits per heavy atom. The smallest absolute Gasteiger partial charge is 0.243 e. The lowest BCUT2D eigenvalue weighted by Crippen LogP contribution is -2.55. The number of hydrogen-bond donors (Lipinski definition) is 2. The van der Waals surface area contributed by atoms with E-state index in [1.807, 2.05) is 19.2 Å². The number of fused-ring (bicyclic) bond motifs is 2. The zero-order valence-electron chi connectivity index (χ0n) is 23.0. The molecule has 208 valence electrons. The molecule has 0 saturated carbocycles. The van der Waals surface area contributed by atoms with Crippen LogP contribution in [0.25, 0.3) is 6.08 Å². The summed E-state index contributed by atoms with van der Waals surface area (Å²) in [6.45, 7) is 7.25. The molecule has 0 radical (unpaired) electrons. The second-order valence-electron chi connectivity index (χ2n) is 11.8. The van der Waals surface area contributed by atoms with Crippen molar-refractivity contribution in [2.45, 2.75) is 50.0 Å². The molecule has 0 bridgehead atoms. The first kappa shape index (κ1) is 27.7. The molecule has 2 heterocycles. The number of halogens is 1. The minimum Gasteiger partial charge on any atom is -0.395 e. The van der Waals surface area contributed by atoms with Gasteiger partial charge >= 0.3 is 0 Å². The van der Waals surface area contributed by atoms with Crippen LogP contribution in [0.3, 0.4) is 0 Å². The van der Waals surface area contributed by atoms with Gasteiger partial charge in [0, 0.05) is 31.1 Å². The molecule has 1 aliphatic heterocycles. The van der Waals surface area contributed by atoms with Crippen molar-refractivity contribution >= 4 is 16.1 Å². The summed E-state index contributed by atoms with van der Waals surface area (Å²) >= 11 is 0. The van der Waals surface area contributed by atoms with Crippen LogP contribution in [0.1, 0.15) is 55.6 Å². The third-order valence-corrected chi connectivity index (χ3v) is 10.1. The molecule has 1 aliphatic carbocycles. The van der Waals surface area contributed by atoms with E-state index < -0.39 is 15.4 Å². The van der Waals surface area contributed by atoms with Crippen molar-refractivity contribution in [3.8, 4) is 0 Å². The molecule has 39 heavy (non-hydrogen) atoms. The third kappa shape index (κ3) is 5.09. The third-order valence-electron chi connectivity index (χ3n) is 8.27. The second kappa shape index (κ2) is 10.3. The van der Waals surface area contributed by atoms with Crippen LogP contribution in [0.2, 0.25) is 0 Å². The van der Waals surface area contributed by atoms with Crippen molar-refractivity contribution in [2.75, 3.05) is 33.3 Å². The van der Waals surface area contributed by atoms with Crippen LogP contribution in [0.4, 0.5) is 4.39 Å². The SMILES string of the molecule is CN(CCO)C(c1ccc(F)cc1)[C@@]12Cc3cn[nH]c3C=C1CCN(S(=O)(=O)c1ccc(C(C)(C)C)cc1)C2. The monoisotopic (exact) mass is 552 g/mol. The molecule has 1 saturated heterocycles. The van der Waals surface area contributed by atoms with E-state index in [2.05, 4.69) is 41.9 Å². The Morgan fingerprint density at radius 3 is 2.49 bits per heavy atom. The van der Waals surface area contributed by atoms with Crippen molar-refractivity contribution < 1.29 is 17.9 Å². The summed E-state index contributed by atoms with van der Waals surface area (Å²) in [7, 11) is -1.85. The molecule has 0 amide bonds. The number of aromatic amines is 1. The molecule has 7 nitrogen and oxygen atoms in total. The number of piperidine rings is 1. The average Bonchev–Trinajstić information content (AvgIpc) is 3.34. The van der Waals surface area contributed by atoms with Gasteiger partial charge in [-0.15, -0.1) is 0 Å². The van der Waals surface area contributed by atoms with E-state index in [1.54, 1.807) is 34.8 Å². The van der Waals surface area contributed by atoms with Gasteiger partial charge in [0.25, 0.3) is 0 Å². The lowest BCUT2D eigenvalue weighted by molar-refractivity contribution is 0.0607. The lowest BCUT2D eigenvalue weighted by Gasteiger charge is -2.52. The molecule has 1 unspecified atom stereocenters. The van der Waals surface area contributed by atoms with Gasteiger partial charge < -0.3 is 5.11 Å². The van der Waals surface area contributed by atoms with E-state index in [0.29, 0.717) is 25.9 Å². The highest BCUT2D eigenvalue weighted by Gasteiger charge is 2.51. The topological polar surface area (TPSA) is 89.5 Å². The number of hydrogen-bond acceptors (Lipinski definition) is 5. The highest BCUT2D eigenvalue weighted by Crippen LogP contribution is 2.53. The zero-order valence-corrected chi connectivity index (χ0v) is 23.8. The molecular weight excluding hydrogens is 515 g/mol. The van der Waals surface area contributed by atoms with Gasteiger partial charge in [0.15, 0.2) is 0 Å². The molecular formula is C30H37FN4O3S. The van der Waals surface area contributed by atoms with Crippen LogP contribution in [-0.4, -0.2) is 66.2 Å². The lowest BCUT2D eigenvalue weighted by atomic mass is 9.62. The fraction of sp³-hybridized carbons (Fsp3) is 0.433. The van der Waals surface area contributed by atoms with Crippen molar-refractivity contribution in [3.63, 3.8) is 0 Å². The maximum absolute atomic E-state index is 14.0. The first-order valence-corrected chi connectivity index (χ1v) is 14.8. The Labute approximate surface area is 230 Å². The van der Waals surface area contributed by atoms with Gasteiger partial charge in [-0.25, -0.2) is 12.8 Å².